The summed E-state index contributed by atoms with van der Waals surface area (Å²) in [6.07, 6.45) is 0. The van der Waals surface area contributed by atoms with Crippen molar-refractivity contribution < 1.29 is 14.3 Å². The molecule has 1 unspecified atom stereocenters. The molecule has 0 spiro atoms. The number of hydrogen-bond donors (Lipinski definition) is 1. The monoisotopic (exact) mass is 249 g/mol. The molecule has 0 radical (unpaired) electrons. The van der Waals surface area contributed by atoms with E-state index in [1.54, 1.807) is 24.4 Å². The number of carbonyl (C=O) groups is 2. The topological polar surface area (TPSA) is 69.4 Å². The first-order valence-electron chi connectivity index (χ1n) is 4.16. The molecule has 0 aliphatic rings. The van der Waals surface area contributed by atoms with E-state index in [-0.39, 0.29) is 19.0 Å². The molecule has 0 saturated heterocycles. The summed E-state index contributed by atoms with van der Waals surface area (Å²) in [7, 11) is 0. The van der Waals surface area contributed by atoms with E-state index in [1.807, 2.05) is 0 Å². The summed E-state index contributed by atoms with van der Waals surface area (Å²) in [6.45, 7) is 1.89. The van der Waals surface area contributed by atoms with Crippen LogP contribution in [0, 0.1) is 0 Å². The summed E-state index contributed by atoms with van der Waals surface area (Å²) in [5.74, 6) is -1.07. The maximum Gasteiger partial charge on any atom is 0.331 e. The lowest BCUT2D eigenvalue weighted by Gasteiger charge is -2.07. The van der Waals surface area contributed by atoms with Crippen molar-refractivity contribution in [2.24, 2.45) is 5.73 Å². The van der Waals surface area contributed by atoms with Crippen LogP contribution < -0.4 is 5.73 Å². The van der Waals surface area contributed by atoms with Crippen LogP contribution in [0.4, 0.5) is 0 Å². The molecule has 1 aromatic rings. The third-order valence-corrected chi connectivity index (χ3v) is 2.47. The lowest BCUT2D eigenvalue weighted by molar-refractivity contribution is -0.143. The van der Waals surface area contributed by atoms with Crippen molar-refractivity contribution >= 4 is 35.5 Å². The molecule has 0 aliphatic carbocycles. The molecule has 2 N–H and O–H groups in total. The van der Waals surface area contributed by atoms with Crippen LogP contribution in [0.5, 0.6) is 0 Å². The van der Waals surface area contributed by atoms with E-state index >= 15 is 0 Å². The average molecular weight is 250 g/mol. The molecule has 1 rings (SSSR count). The van der Waals surface area contributed by atoms with Crippen LogP contribution in [-0.2, 0) is 9.53 Å². The summed E-state index contributed by atoms with van der Waals surface area (Å²) in [6, 6.07) is 2.16. The second kappa shape index (κ2) is 6.55. The van der Waals surface area contributed by atoms with E-state index in [4.69, 9.17) is 5.73 Å². The molecule has 0 bridgehead atoms. The maximum atomic E-state index is 11.5. The number of carbonyl (C=O) groups excluding carboxylic acids is 2. The maximum absolute atomic E-state index is 11.5. The molecule has 1 atom stereocenters. The smallest absolute Gasteiger partial charge is 0.331 e. The van der Waals surface area contributed by atoms with Gasteiger partial charge in [0.25, 0.3) is 0 Å². The van der Waals surface area contributed by atoms with Crippen molar-refractivity contribution in [3.05, 3.63) is 22.4 Å². The molecule has 0 amide bonds. The van der Waals surface area contributed by atoms with Crippen molar-refractivity contribution in [1.29, 1.82) is 0 Å². The molecule has 15 heavy (non-hydrogen) atoms. The number of nitrogens with two attached hydrogens (primary N) is 1. The summed E-state index contributed by atoms with van der Waals surface area (Å²) in [5.41, 5.74) is 5.42. The van der Waals surface area contributed by atoms with E-state index in [2.05, 4.69) is 4.74 Å². The number of esters is 1. The summed E-state index contributed by atoms with van der Waals surface area (Å²) in [5, 5.41) is 1.76. The van der Waals surface area contributed by atoms with E-state index in [9.17, 15) is 9.59 Å². The fraction of sp³-hybridized carbons (Fsp3) is 0.333. The highest BCUT2D eigenvalue weighted by Gasteiger charge is 2.24. The Hall–Kier alpha value is -0.910. The highest BCUT2D eigenvalue weighted by molar-refractivity contribution is 7.12. The largest absolute Gasteiger partial charge is 0.464 e. The highest BCUT2D eigenvalue weighted by Crippen LogP contribution is 2.11. The molecule has 6 heteroatoms. The quantitative estimate of drug-likeness (QED) is 0.495. The normalized spacial score (nSPS) is 11.3. The standard InChI is InChI=1S/C9H11NO3S.ClH/c1-2-13-9(12)7(10)8(11)6-4-3-5-14-6;/h3-5,7H,2,10H2,1H3;1H. The predicted molar refractivity (Wildman–Crippen MR) is 60.5 cm³/mol. The number of ketones is 1. The van der Waals surface area contributed by atoms with Crippen LogP contribution in [-0.4, -0.2) is 24.4 Å². The SMILES string of the molecule is CCOC(=O)C(N)C(=O)c1cccs1.Cl. The zero-order valence-electron chi connectivity index (χ0n) is 8.14. The minimum atomic E-state index is -1.20. The molecule has 0 fully saturated rings. The van der Waals surface area contributed by atoms with Crippen molar-refractivity contribution in [3.63, 3.8) is 0 Å². The Morgan fingerprint density at radius 2 is 2.27 bits per heavy atom. The van der Waals surface area contributed by atoms with Crippen LogP contribution in [0.15, 0.2) is 17.5 Å². The van der Waals surface area contributed by atoms with Crippen LogP contribution >= 0.6 is 23.7 Å². The number of Topliss-reactive ketones (excluding diaryl/α,β-unsaturated/α-hetero) is 1. The van der Waals surface area contributed by atoms with Gasteiger partial charge < -0.3 is 10.5 Å². The first kappa shape index (κ1) is 14.1. The predicted octanol–water partition coefficient (Wildman–Crippen LogP) is 1.24. The molecule has 0 aromatic carbocycles. The molecule has 1 aromatic heterocycles. The van der Waals surface area contributed by atoms with Crippen LogP contribution in [0.1, 0.15) is 16.6 Å². The molecule has 0 saturated carbocycles. The fourth-order valence-electron chi connectivity index (χ4n) is 0.911. The first-order chi connectivity index (χ1) is 6.66. The molecule has 4 nitrogen and oxygen atoms in total. The zero-order valence-corrected chi connectivity index (χ0v) is 9.77. The minimum absolute atomic E-state index is 0. The van der Waals surface area contributed by atoms with Crippen LogP contribution in [0.2, 0.25) is 0 Å². The third-order valence-electron chi connectivity index (χ3n) is 1.59. The molecule has 1 heterocycles. The average Bonchev–Trinajstić information content (AvgIpc) is 2.68. The third kappa shape index (κ3) is 3.62. The molecule has 84 valence electrons. The highest BCUT2D eigenvalue weighted by atomic mass is 35.5. The summed E-state index contributed by atoms with van der Waals surface area (Å²) in [4.78, 5) is 23.1. The zero-order chi connectivity index (χ0) is 10.6. The van der Waals surface area contributed by atoms with Crippen molar-refractivity contribution in [1.82, 2.24) is 0 Å². The fourth-order valence-corrected chi connectivity index (χ4v) is 1.62. The van der Waals surface area contributed by atoms with Crippen LogP contribution in [0.25, 0.3) is 0 Å². The van der Waals surface area contributed by atoms with Gasteiger partial charge in [0, 0.05) is 0 Å². The Morgan fingerprint density at radius 1 is 1.60 bits per heavy atom. The van der Waals surface area contributed by atoms with E-state index < -0.39 is 17.8 Å². The van der Waals surface area contributed by atoms with Crippen molar-refractivity contribution in [2.45, 2.75) is 13.0 Å². The van der Waals surface area contributed by atoms with Gasteiger partial charge in [-0.15, -0.1) is 23.7 Å². The number of hydrogen-bond acceptors (Lipinski definition) is 5. The van der Waals surface area contributed by atoms with Gasteiger partial charge in [-0.1, -0.05) is 6.07 Å². The Labute approximate surface area is 97.8 Å². The Balaban J connectivity index is 0.00000196. The van der Waals surface area contributed by atoms with Gasteiger partial charge in [0.2, 0.25) is 5.78 Å². The lowest BCUT2D eigenvalue weighted by atomic mass is 10.2. The summed E-state index contributed by atoms with van der Waals surface area (Å²) >= 11 is 1.26. The number of halogens is 1. The molecule has 0 aliphatic heterocycles. The van der Waals surface area contributed by atoms with Gasteiger partial charge >= 0.3 is 5.97 Å². The van der Waals surface area contributed by atoms with E-state index in [1.165, 1.54) is 11.3 Å². The van der Waals surface area contributed by atoms with E-state index in [0.29, 0.717) is 4.88 Å². The van der Waals surface area contributed by atoms with Gasteiger partial charge in [0.15, 0.2) is 6.04 Å². The minimum Gasteiger partial charge on any atom is -0.464 e. The summed E-state index contributed by atoms with van der Waals surface area (Å²) < 4.78 is 4.64. The van der Waals surface area contributed by atoms with Gasteiger partial charge in [0.05, 0.1) is 11.5 Å². The van der Waals surface area contributed by atoms with Crippen LogP contribution in [0.3, 0.4) is 0 Å². The van der Waals surface area contributed by atoms with Gasteiger partial charge in [-0.2, -0.15) is 0 Å². The molecular weight excluding hydrogens is 238 g/mol. The first-order valence-corrected chi connectivity index (χ1v) is 5.04. The second-order valence-corrected chi connectivity index (χ2v) is 3.52. The van der Waals surface area contributed by atoms with Crippen molar-refractivity contribution in [2.75, 3.05) is 6.61 Å². The second-order valence-electron chi connectivity index (χ2n) is 2.57. The van der Waals surface area contributed by atoms with Crippen molar-refractivity contribution in [3.8, 4) is 0 Å². The number of thiophene rings is 1. The Bertz CT molecular complexity index is 326. The number of ether oxygens (including phenoxy) is 1. The Morgan fingerprint density at radius 3 is 2.73 bits per heavy atom. The van der Waals surface area contributed by atoms with Gasteiger partial charge in [-0.05, 0) is 18.4 Å². The Kier molecular flexibility index (Phi) is 6.15. The lowest BCUT2D eigenvalue weighted by Crippen LogP contribution is -2.39. The van der Waals surface area contributed by atoms with Gasteiger partial charge in [-0.3, -0.25) is 4.79 Å². The molecular formula is C9H12ClNO3S. The van der Waals surface area contributed by atoms with Gasteiger partial charge in [-0.25, -0.2) is 4.79 Å². The number of rotatable bonds is 4. The van der Waals surface area contributed by atoms with Gasteiger partial charge in [0.1, 0.15) is 0 Å². The van der Waals surface area contributed by atoms with E-state index in [0.717, 1.165) is 0 Å².